The van der Waals surface area contributed by atoms with E-state index in [4.69, 9.17) is 0 Å². The van der Waals surface area contributed by atoms with Crippen LogP contribution in [0.15, 0.2) is 14.7 Å². The van der Waals surface area contributed by atoms with Gasteiger partial charge in [-0.25, -0.2) is 17.9 Å². The van der Waals surface area contributed by atoms with Crippen LogP contribution in [-0.2, 0) is 14.8 Å². The fraction of sp³-hybridized carbons (Fsp3) is 0.222. The lowest BCUT2D eigenvalue weighted by atomic mass is 10.5. The van der Waals surface area contributed by atoms with Crippen LogP contribution in [0.25, 0.3) is 0 Å². The molecule has 0 aliphatic rings. The molecule has 0 saturated carbocycles. The fourth-order valence-corrected chi connectivity index (χ4v) is 4.73. The first-order chi connectivity index (χ1) is 9.33. The Bertz CT molecular complexity index is 752. The van der Waals surface area contributed by atoms with E-state index < -0.39 is 16.0 Å². The molecule has 2 rings (SSSR count). The molecule has 108 valence electrons. The maximum Gasteiger partial charge on any atom is 0.348 e. The number of hydrogen-bond donors (Lipinski definition) is 2. The van der Waals surface area contributed by atoms with Crippen LogP contribution >= 0.6 is 27.3 Å². The molecule has 0 unspecified atom stereocenters. The quantitative estimate of drug-likeness (QED) is 0.777. The molecule has 0 atom stereocenters. The summed E-state index contributed by atoms with van der Waals surface area (Å²) in [5, 5.41) is 6.20. The van der Waals surface area contributed by atoms with E-state index in [-0.39, 0.29) is 19.5 Å². The van der Waals surface area contributed by atoms with Gasteiger partial charge < -0.3 is 4.74 Å². The van der Waals surface area contributed by atoms with E-state index in [1.165, 1.54) is 13.2 Å². The number of H-pyrrole nitrogens is 1. The van der Waals surface area contributed by atoms with Crippen LogP contribution in [0.1, 0.15) is 15.5 Å². The Hall–Kier alpha value is -1.46. The highest BCUT2D eigenvalue weighted by Crippen LogP contribution is 2.32. The number of esters is 1. The summed E-state index contributed by atoms with van der Waals surface area (Å²) < 4.78 is 31.4. The van der Waals surface area contributed by atoms with Crippen molar-refractivity contribution in [3.8, 4) is 0 Å². The van der Waals surface area contributed by atoms with Crippen molar-refractivity contribution in [3.63, 3.8) is 0 Å². The molecule has 2 heterocycles. The summed E-state index contributed by atoms with van der Waals surface area (Å²) in [6, 6.07) is 1.22. The number of anilines is 1. The summed E-state index contributed by atoms with van der Waals surface area (Å²) in [5.74, 6) is -0.201. The van der Waals surface area contributed by atoms with E-state index in [0.717, 1.165) is 11.3 Å². The van der Waals surface area contributed by atoms with Gasteiger partial charge in [0, 0.05) is 0 Å². The van der Waals surface area contributed by atoms with Gasteiger partial charge in [0.05, 0.1) is 10.9 Å². The molecular formula is C9H9BrN4O4S2. The minimum absolute atomic E-state index is 0.0692. The number of rotatable bonds is 4. The van der Waals surface area contributed by atoms with E-state index in [1.807, 2.05) is 0 Å². The molecule has 0 fully saturated rings. The molecule has 2 N–H and O–H groups in total. The molecule has 20 heavy (non-hydrogen) atoms. The molecular weight excluding hydrogens is 372 g/mol. The van der Waals surface area contributed by atoms with E-state index in [1.54, 1.807) is 6.92 Å². The predicted octanol–water partition coefficient (Wildman–Crippen LogP) is 1.52. The molecule has 0 saturated heterocycles. The first-order valence-electron chi connectivity index (χ1n) is 5.13. The molecule has 2 aromatic rings. The molecule has 0 spiro atoms. The smallest absolute Gasteiger partial charge is 0.348 e. The highest BCUT2D eigenvalue weighted by Gasteiger charge is 2.24. The molecule has 8 nitrogen and oxygen atoms in total. The van der Waals surface area contributed by atoms with Gasteiger partial charge >= 0.3 is 5.97 Å². The second-order valence-corrected chi connectivity index (χ2v) is 7.61. The molecule has 0 radical (unpaired) electrons. The average molecular weight is 381 g/mol. The number of methoxy groups -OCH3 is 1. The average Bonchev–Trinajstić information content (AvgIpc) is 2.94. The second-order valence-electron chi connectivity index (χ2n) is 3.59. The maximum absolute atomic E-state index is 12.2. The van der Waals surface area contributed by atoms with Crippen molar-refractivity contribution >= 4 is 49.2 Å². The van der Waals surface area contributed by atoms with E-state index >= 15 is 0 Å². The Morgan fingerprint density at radius 3 is 2.80 bits per heavy atom. The Morgan fingerprint density at radius 2 is 2.25 bits per heavy atom. The van der Waals surface area contributed by atoms with Gasteiger partial charge in [0.1, 0.15) is 15.6 Å². The van der Waals surface area contributed by atoms with Crippen molar-refractivity contribution in [3.05, 3.63) is 20.6 Å². The number of aromatic amines is 1. The molecule has 0 aromatic carbocycles. The van der Waals surface area contributed by atoms with Gasteiger partial charge in [-0.2, -0.15) is 4.98 Å². The van der Waals surface area contributed by atoms with Gasteiger partial charge in [0.15, 0.2) is 0 Å². The Labute approximate surface area is 126 Å². The summed E-state index contributed by atoms with van der Waals surface area (Å²) in [6.45, 7) is 1.64. The molecule has 0 amide bonds. The SMILES string of the molecule is COC(=O)c1cc(S(=O)(=O)Nc2n[nH]c(C)n2)c(Br)s1. The second kappa shape index (κ2) is 5.50. The number of carbonyl (C=O) groups excluding carboxylic acids is 1. The monoisotopic (exact) mass is 380 g/mol. The topological polar surface area (TPSA) is 114 Å². The van der Waals surface area contributed by atoms with Crippen LogP contribution in [0.2, 0.25) is 0 Å². The van der Waals surface area contributed by atoms with Crippen LogP contribution in [-0.4, -0.2) is 36.7 Å². The standard InChI is InChI=1S/C9H9BrN4O4S2/c1-4-11-9(13-12-4)14-20(16,17)6-3-5(8(15)18-2)19-7(6)10/h3H,1-2H3,(H2,11,12,13,14). The molecule has 11 heteroatoms. The van der Waals surface area contributed by atoms with E-state index in [9.17, 15) is 13.2 Å². The predicted molar refractivity (Wildman–Crippen MR) is 75.3 cm³/mol. The van der Waals surface area contributed by atoms with Gasteiger partial charge in [-0.05, 0) is 28.9 Å². The molecule has 0 bridgehead atoms. The van der Waals surface area contributed by atoms with Gasteiger partial charge in [-0.3, -0.25) is 5.10 Å². The van der Waals surface area contributed by atoms with Crippen LogP contribution in [0.5, 0.6) is 0 Å². The van der Waals surface area contributed by atoms with Crippen molar-refractivity contribution in [2.24, 2.45) is 0 Å². The third kappa shape index (κ3) is 2.99. The molecule has 0 aliphatic heterocycles. The summed E-state index contributed by atoms with van der Waals surface area (Å²) in [4.78, 5) is 15.3. The van der Waals surface area contributed by atoms with Crippen molar-refractivity contribution in [1.82, 2.24) is 15.2 Å². The lowest BCUT2D eigenvalue weighted by Crippen LogP contribution is -2.13. The van der Waals surface area contributed by atoms with Crippen LogP contribution in [0.3, 0.4) is 0 Å². The third-order valence-electron chi connectivity index (χ3n) is 2.15. The number of aromatic nitrogens is 3. The number of ether oxygens (including phenoxy) is 1. The number of sulfonamides is 1. The van der Waals surface area contributed by atoms with Gasteiger partial charge in [0.2, 0.25) is 0 Å². The van der Waals surface area contributed by atoms with Gasteiger partial charge in [0.25, 0.3) is 16.0 Å². The number of aryl methyl sites for hydroxylation is 1. The number of thiophene rings is 1. The minimum Gasteiger partial charge on any atom is -0.465 e. The number of hydrogen-bond acceptors (Lipinski definition) is 7. The van der Waals surface area contributed by atoms with Crippen molar-refractivity contribution in [2.75, 3.05) is 11.8 Å². The van der Waals surface area contributed by atoms with Crippen LogP contribution in [0, 0.1) is 6.92 Å². The van der Waals surface area contributed by atoms with E-state index in [0.29, 0.717) is 5.82 Å². The zero-order valence-electron chi connectivity index (χ0n) is 10.3. The number of carbonyl (C=O) groups is 1. The van der Waals surface area contributed by atoms with Gasteiger partial charge in [-0.15, -0.1) is 16.4 Å². The highest BCUT2D eigenvalue weighted by atomic mass is 79.9. The lowest BCUT2D eigenvalue weighted by Gasteiger charge is -2.02. The first kappa shape index (κ1) is 14.9. The van der Waals surface area contributed by atoms with Crippen molar-refractivity contribution in [2.45, 2.75) is 11.8 Å². The van der Waals surface area contributed by atoms with Crippen molar-refractivity contribution in [1.29, 1.82) is 0 Å². The Balaban J connectivity index is 2.34. The van der Waals surface area contributed by atoms with Crippen LogP contribution < -0.4 is 4.72 Å². The van der Waals surface area contributed by atoms with Crippen LogP contribution in [0.4, 0.5) is 5.95 Å². The third-order valence-corrected chi connectivity index (χ3v) is 5.71. The maximum atomic E-state index is 12.2. The zero-order valence-corrected chi connectivity index (χ0v) is 13.5. The first-order valence-corrected chi connectivity index (χ1v) is 8.22. The summed E-state index contributed by atoms with van der Waals surface area (Å²) >= 11 is 4.08. The number of halogens is 1. The lowest BCUT2D eigenvalue weighted by molar-refractivity contribution is 0.0606. The normalized spacial score (nSPS) is 11.3. The highest BCUT2D eigenvalue weighted by molar-refractivity contribution is 9.11. The minimum atomic E-state index is -3.89. The number of nitrogens with zero attached hydrogens (tertiary/aromatic N) is 2. The number of nitrogens with one attached hydrogen (secondary N) is 2. The molecule has 0 aliphatic carbocycles. The van der Waals surface area contributed by atoms with E-state index in [2.05, 4.69) is 40.6 Å². The zero-order chi connectivity index (χ0) is 14.9. The Kier molecular flexibility index (Phi) is 4.11. The van der Waals surface area contributed by atoms with Gasteiger partial charge in [-0.1, -0.05) is 0 Å². The van der Waals surface area contributed by atoms with Crippen molar-refractivity contribution < 1.29 is 17.9 Å². The largest absolute Gasteiger partial charge is 0.465 e. The summed E-state index contributed by atoms with van der Waals surface area (Å²) in [5.41, 5.74) is 0. The Morgan fingerprint density at radius 1 is 1.55 bits per heavy atom. The summed E-state index contributed by atoms with van der Waals surface area (Å²) in [7, 11) is -2.67. The molecule has 2 aromatic heterocycles. The summed E-state index contributed by atoms with van der Waals surface area (Å²) in [6.07, 6.45) is 0. The fourth-order valence-electron chi connectivity index (χ4n) is 1.30.